The van der Waals surface area contributed by atoms with E-state index in [-0.39, 0.29) is 0 Å². The predicted octanol–water partition coefficient (Wildman–Crippen LogP) is 3.69. The third-order valence-electron chi connectivity index (χ3n) is 5.00. The summed E-state index contributed by atoms with van der Waals surface area (Å²) in [6, 6.07) is 1.95. The summed E-state index contributed by atoms with van der Waals surface area (Å²) in [5.41, 5.74) is 6.50. The maximum Gasteiger partial charge on any atom is 0.0250 e. The van der Waals surface area contributed by atoms with Crippen LogP contribution < -0.4 is 5.73 Å². The molecule has 0 radical (unpaired) electrons. The lowest BCUT2D eigenvalue weighted by atomic mass is 9.88. The lowest BCUT2D eigenvalue weighted by Crippen LogP contribution is -2.54. The van der Waals surface area contributed by atoms with E-state index in [1.807, 2.05) is 0 Å². The van der Waals surface area contributed by atoms with Crippen molar-refractivity contribution in [1.29, 1.82) is 0 Å². The SMILES string of the molecule is CCCC1CCCCN1C1CCCCCCC1N. The topological polar surface area (TPSA) is 29.3 Å². The average Bonchev–Trinajstić information content (AvgIpc) is 2.36. The zero-order chi connectivity index (χ0) is 12.8. The van der Waals surface area contributed by atoms with Crippen LogP contribution in [0.1, 0.15) is 77.6 Å². The first-order valence-corrected chi connectivity index (χ1v) is 8.34. The molecular weight excluding hydrogens is 220 g/mol. The molecule has 2 N–H and O–H groups in total. The molecule has 0 aromatic heterocycles. The van der Waals surface area contributed by atoms with E-state index >= 15 is 0 Å². The standard InChI is InChI=1S/C16H32N2/c1-2-9-14-10-7-8-13-18(14)16-12-6-4-3-5-11-15(16)17/h14-16H,2-13,17H2,1H3. The molecule has 0 aromatic carbocycles. The summed E-state index contributed by atoms with van der Waals surface area (Å²) >= 11 is 0. The van der Waals surface area contributed by atoms with Crippen LogP contribution in [0.15, 0.2) is 0 Å². The second-order valence-electron chi connectivity index (χ2n) is 6.40. The van der Waals surface area contributed by atoms with Gasteiger partial charge in [0, 0.05) is 18.1 Å². The Morgan fingerprint density at radius 2 is 1.67 bits per heavy atom. The first-order chi connectivity index (χ1) is 8.83. The minimum atomic E-state index is 0.433. The van der Waals surface area contributed by atoms with Crippen LogP contribution in [-0.2, 0) is 0 Å². The van der Waals surface area contributed by atoms with E-state index in [2.05, 4.69) is 11.8 Å². The quantitative estimate of drug-likeness (QED) is 0.830. The van der Waals surface area contributed by atoms with E-state index in [4.69, 9.17) is 5.73 Å². The zero-order valence-corrected chi connectivity index (χ0v) is 12.2. The largest absolute Gasteiger partial charge is 0.326 e. The second-order valence-corrected chi connectivity index (χ2v) is 6.40. The summed E-state index contributed by atoms with van der Waals surface area (Å²) in [4.78, 5) is 2.81. The Morgan fingerprint density at radius 1 is 0.944 bits per heavy atom. The molecule has 1 saturated heterocycles. The molecule has 1 saturated carbocycles. The van der Waals surface area contributed by atoms with E-state index in [9.17, 15) is 0 Å². The first-order valence-electron chi connectivity index (χ1n) is 8.34. The maximum absolute atomic E-state index is 6.50. The highest BCUT2D eigenvalue weighted by Crippen LogP contribution is 2.28. The van der Waals surface area contributed by atoms with Gasteiger partial charge in [-0.2, -0.15) is 0 Å². The van der Waals surface area contributed by atoms with Crippen molar-refractivity contribution in [3.8, 4) is 0 Å². The minimum Gasteiger partial charge on any atom is -0.326 e. The van der Waals surface area contributed by atoms with Crippen LogP contribution in [0.5, 0.6) is 0 Å². The van der Waals surface area contributed by atoms with E-state index in [0.717, 1.165) is 6.04 Å². The Balaban J connectivity index is 1.99. The molecule has 0 aromatic rings. The van der Waals surface area contributed by atoms with Crippen molar-refractivity contribution in [2.75, 3.05) is 6.54 Å². The maximum atomic E-state index is 6.50. The summed E-state index contributed by atoms with van der Waals surface area (Å²) in [6.07, 6.45) is 15.1. The second kappa shape index (κ2) is 7.49. The van der Waals surface area contributed by atoms with E-state index in [0.29, 0.717) is 12.1 Å². The summed E-state index contributed by atoms with van der Waals surface area (Å²) in [7, 11) is 0. The summed E-state index contributed by atoms with van der Waals surface area (Å²) in [5, 5.41) is 0. The molecular formula is C16H32N2. The highest BCUT2D eigenvalue weighted by molar-refractivity contribution is 4.89. The summed E-state index contributed by atoms with van der Waals surface area (Å²) < 4.78 is 0. The van der Waals surface area contributed by atoms with Gasteiger partial charge in [-0.15, -0.1) is 0 Å². The van der Waals surface area contributed by atoms with Crippen molar-refractivity contribution in [3.05, 3.63) is 0 Å². The lowest BCUT2D eigenvalue weighted by Gasteiger charge is -2.44. The fourth-order valence-corrected chi connectivity index (χ4v) is 4.01. The Hall–Kier alpha value is -0.0800. The van der Waals surface area contributed by atoms with Gasteiger partial charge in [0.1, 0.15) is 0 Å². The van der Waals surface area contributed by atoms with E-state index < -0.39 is 0 Å². The fraction of sp³-hybridized carbons (Fsp3) is 1.00. The molecule has 0 amide bonds. The molecule has 2 aliphatic rings. The van der Waals surface area contributed by atoms with Crippen molar-refractivity contribution < 1.29 is 0 Å². The minimum absolute atomic E-state index is 0.433. The average molecular weight is 252 g/mol. The van der Waals surface area contributed by atoms with Crippen molar-refractivity contribution in [2.45, 2.75) is 95.7 Å². The number of rotatable bonds is 3. The first kappa shape index (κ1) is 14.3. The molecule has 18 heavy (non-hydrogen) atoms. The van der Waals surface area contributed by atoms with Gasteiger partial charge >= 0.3 is 0 Å². The number of likely N-dealkylation sites (tertiary alicyclic amines) is 1. The smallest absolute Gasteiger partial charge is 0.0250 e. The molecule has 2 fully saturated rings. The van der Waals surface area contributed by atoms with E-state index in [1.165, 1.54) is 77.2 Å². The van der Waals surface area contributed by atoms with Crippen molar-refractivity contribution in [2.24, 2.45) is 5.73 Å². The number of hydrogen-bond donors (Lipinski definition) is 1. The Morgan fingerprint density at radius 3 is 2.44 bits per heavy atom. The lowest BCUT2D eigenvalue weighted by molar-refractivity contribution is 0.0629. The number of nitrogens with two attached hydrogens (primary N) is 1. The monoisotopic (exact) mass is 252 g/mol. The van der Waals surface area contributed by atoms with Gasteiger partial charge in [0.05, 0.1) is 0 Å². The fourth-order valence-electron chi connectivity index (χ4n) is 4.01. The molecule has 0 spiro atoms. The van der Waals surface area contributed by atoms with Crippen LogP contribution in [-0.4, -0.2) is 29.6 Å². The molecule has 1 aliphatic carbocycles. The van der Waals surface area contributed by atoms with Crippen LogP contribution >= 0.6 is 0 Å². The van der Waals surface area contributed by atoms with Crippen LogP contribution in [0.3, 0.4) is 0 Å². The Labute approximate surface area is 113 Å². The molecule has 2 nitrogen and oxygen atoms in total. The number of nitrogens with zero attached hydrogens (tertiary/aromatic N) is 1. The van der Waals surface area contributed by atoms with E-state index in [1.54, 1.807) is 0 Å². The van der Waals surface area contributed by atoms with Crippen LogP contribution in [0.25, 0.3) is 0 Å². The van der Waals surface area contributed by atoms with Gasteiger partial charge in [-0.05, 0) is 38.6 Å². The molecule has 3 atom stereocenters. The zero-order valence-electron chi connectivity index (χ0n) is 12.2. The van der Waals surface area contributed by atoms with Crippen LogP contribution in [0, 0.1) is 0 Å². The summed E-state index contributed by atoms with van der Waals surface area (Å²) in [6.45, 7) is 3.63. The molecule has 2 heteroatoms. The van der Waals surface area contributed by atoms with Gasteiger partial charge in [-0.1, -0.05) is 45.4 Å². The Kier molecular flexibility index (Phi) is 5.97. The third-order valence-corrected chi connectivity index (χ3v) is 5.00. The van der Waals surface area contributed by atoms with Gasteiger partial charge < -0.3 is 5.73 Å². The van der Waals surface area contributed by atoms with Crippen LogP contribution in [0.2, 0.25) is 0 Å². The molecule has 0 bridgehead atoms. The highest BCUT2D eigenvalue weighted by Gasteiger charge is 2.31. The van der Waals surface area contributed by atoms with Crippen molar-refractivity contribution >= 4 is 0 Å². The molecule has 106 valence electrons. The molecule has 2 rings (SSSR count). The number of piperidine rings is 1. The Bertz CT molecular complexity index is 227. The van der Waals surface area contributed by atoms with Crippen molar-refractivity contribution in [1.82, 2.24) is 4.90 Å². The molecule has 1 heterocycles. The normalized spacial score (nSPS) is 36.0. The van der Waals surface area contributed by atoms with Gasteiger partial charge in [-0.25, -0.2) is 0 Å². The molecule has 1 aliphatic heterocycles. The predicted molar refractivity (Wildman–Crippen MR) is 78.7 cm³/mol. The highest BCUT2D eigenvalue weighted by atomic mass is 15.2. The number of hydrogen-bond acceptors (Lipinski definition) is 2. The van der Waals surface area contributed by atoms with Gasteiger partial charge in [-0.3, -0.25) is 4.90 Å². The van der Waals surface area contributed by atoms with Gasteiger partial charge in [0.15, 0.2) is 0 Å². The van der Waals surface area contributed by atoms with Crippen LogP contribution in [0.4, 0.5) is 0 Å². The third kappa shape index (κ3) is 3.71. The summed E-state index contributed by atoms with van der Waals surface area (Å²) in [5.74, 6) is 0. The van der Waals surface area contributed by atoms with Crippen molar-refractivity contribution in [3.63, 3.8) is 0 Å². The molecule has 3 unspecified atom stereocenters. The van der Waals surface area contributed by atoms with Gasteiger partial charge in [0.2, 0.25) is 0 Å². The van der Waals surface area contributed by atoms with Gasteiger partial charge in [0.25, 0.3) is 0 Å².